The van der Waals surface area contributed by atoms with Crippen LogP contribution >= 0.6 is 27.7 Å². The van der Waals surface area contributed by atoms with Crippen molar-refractivity contribution in [1.82, 2.24) is 25.0 Å². The Morgan fingerprint density at radius 3 is 2.40 bits per heavy atom. The predicted molar refractivity (Wildman–Crippen MR) is 142 cm³/mol. The summed E-state index contributed by atoms with van der Waals surface area (Å²) in [5.41, 5.74) is 1.76. The first-order valence-corrected chi connectivity index (χ1v) is 13.4. The SMILES string of the molecule is CCn1c(SCC(=O)N2CCN(c3ccccc3)CC2)nnc1C(C)NC(=O)c1ccccc1Br. The van der Waals surface area contributed by atoms with Gasteiger partial charge in [0.05, 0.1) is 17.4 Å². The van der Waals surface area contributed by atoms with Gasteiger partial charge in [0.15, 0.2) is 11.0 Å². The lowest BCUT2D eigenvalue weighted by atomic mass is 10.2. The van der Waals surface area contributed by atoms with Crippen LogP contribution in [0.5, 0.6) is 0 Å². The summed E-state index contributed by atoms with van der Waals surface area (Å²) in [6.07, 6.45) is 0. The number of para-hydroxylation sites is 1. The quantitative estimate of drug-likeness (QED) is 0.422. The number of piperazine rings is 1. The molecule has 35 heavy (non-hydrogen) atoms. The summed E-state index contributed by atoms with van der Waals surface area (Å²) in [7, 11) is 0. The Bertz CT molecular complexity index is 1160. The zero-order chi connectivity index (χ0) is 24.8. The van der Waals surface area contributed by atoms with Gasteiger partial charge in [0.25, 0.3) is 5.91 Å². The molecule has 184 valence electrons. The Labute approximate surface area is 218 Å². The number of amides is 2. The van der Waals surface area contributed by atoms with E-state index in [-0.39, 0.29) is 17.9 Å². The lowest BCUT2D eigenvalue weighted by molar-refractivity contribution is -0.128. The number of aromatic nitrogens is 3. The number of rotatable bonds is 8. The van der Waals surface area contributed by atoms with Gasteiger partial charge in [0, 0.05) is 42.9 Å². The second kappa shape index (κ2) is 11.7. The number of carbonyl (C=O) groups excluding carboxylic acids is 2. The summed E-state index contributed by atoms with van der Waals surface area (Å²) in [6, 6.07) is 17.2. The summed E-state index contributed by atoms with van der Waals surface area (Å²) in [4.78, 5) is 29.8. The molecule has 8 nitrogen and oxygen atoms in total. The van der Waals surface area contributed by atoms with E-state index in [1.165, 1.54) is 17.4 Å². The number of hydrogen-bond acceptors (Lipinski definition) is 6. The molecule has 0 saturated carbocycles. The molecule has 1 unspecified atom stereocenters. The van der Waals surface area contributed by atoms with Gasteiger partial charge in [-0.05, 0) is 54.0 Å². The maximum Gasteiger partial charge on any atom is 0.253 e. The maximum atomic E-state index is 12.9. The minimum Gasteiger partial charge on any atom is -0.368 e. The first-order chi connectivity index (χ1) is 17.0. The smallest absolute Gasteiger partial charge is 0.253 e. The highest BCUT2D eigenvalue weighted by atomic mass is 79.9. The van der Waals surface area contributed by atoms with Crippen LogP contribution < -0.4 is 10.2 Å². The van der Waals surface area contributed by atoms with Gasteiger partial charge in [0.2, 0.25) is 5.91 Å². The molecule has 1 atom stereocenters. The van der Waals surface area contributed by atoms with Crippen LogP contribution in [0.4, 0.5) is 5.69 Å². The molecule has 2 aromatic carbocycles. The number of nitrogens with zero attached hydrogens (tertiary/aromatic N) is 5. The molecule has 1 N–H and O–H groups in total. The van der Waals surface area contributed by atoms with Crippen LogP contribution in [0.15, 0.2) is 64.2 Å². The molecule has 2 amide bonds. The molecule has 0 bridgehead atoms. The predicted octanol–water partition coefficient (Wildman–Crippen LogP) is 3.99. The van der Waals surface area contributed by atoms with E-state index in [0.717, 1.165) is 17.6 Å². The second-order valence-electron chi connectivity index (χ2n) is 8.25. The molecule has 10 heteroatoms. The molecule has 1 fully saturated rings. The molecule has 0 aliphatic carbocycles. The topological polar surface area (TPSA) is 83.4 Å². The van der Waals surface area contributed by atoms with Crippen molar-refractivity contribution < 1.29 is 9.59 Å². The molecule has 4 rings (SSSR count). The molecule has 3 aromatic rings. The Morgan fingerprint density at radius 1 is 1.03 bits per heavy atom. The van der Waals surface area contributed by atoms with E-state index in [4.69, 9.17) is 0 Å². The van der Waals surface area contributed by atoms with Crippen LogP contribution in [-0.2, 0) is 11.3 Å². The van der Waals surface area contributed by atoms with Gasteiger partial charge in [-0.1, -0.05) is 42.1 Å². The fourth-order valence-corrected chi connectivity index (χ4v) is 5.46. The van der Waals surface area contributed by atoms with E-state index in [1.807, 2.05) is 59.7 Å². The van der Waals surface area contributed by atoms with Crippen molar-refractivity contribution in [3.8, 4) is 0 Å². The summed E-state index contributed by atoms with van der Waals surface area (Å²) < 4.78 is 2.69. The van der Waals surface area contributed by atoms with E-state index in [2.05, 4.69) is 48.5 Å². The van der Waals surface area contributed by atoms with Gasteiger partial charge < -0.3 is 19.7 Å². The van der Waals surface area contributed by atoms with Crippen molar-refractivity contribution in [2.45, 2.75) is 31.6 Å². The number of anilines is 1. The molecule has 0 spiro atoms. The normalized spacial score (nSPS) is 14.6. The number of thioether (sulfide) groups is 1. The maximum absolute atomic E-state index is 12.9. The van der Waals surface area contributed by atoms with Crippen molar-refractivity contribution in [3.05, 3.63) is 70.5 Å². The number of hydrogen-bond donors (Lipinski definition) is 1. The van der Waals surface area contributed by atoms with Gasteiger partial charge in [-0.2, -0.15) is 0 Å². The summed E-state index contributed by atoms with van der Waals surface area (Å²) in [5.74, 6) is 0.889. The van der Waals surface area contributed by atoms with E-state index in [0.29, 0.717) is 41.9 Å². The van der Waals surface area contributed by atoms with Crippen molar-refractivity contribution in [1.29, 1.82) is 0 Å². The highest BCUT2D eigenvalue weighted by molar-refractivity contribution is 9.10. The monoisotopic (exact) mass is 556 g/mol. The average molecular weight is 558 g/mol. The first kappa shape index (κ1) is 25.2. The third-order valence-corrected chi connectivity index (χ3v) is 7.64. The lowest BCUT2D eigenvalue weighted by Crippen LogP contribution is -2.49. The van der Waals surface area contributed by atoms with Gasteiger partial charge in [-0.15, -0.1) is 10.2 Å². The van der Waals surface area contributed by atoms with Gasteiger partial charge >= 0.3 is 0 Å². The number of nitrogens with one attached hydrogen (secondary N) is 1. The van der Waals surface area contributed by atoms with E-state index < -0.39 is 0 Å². The third-order valence-electron chi connectivity index (χ3n) is 5.99. The minimum atomic E-state index is -0.335. The summed E-state index contributed by atoms with van der Waals surface area (Å²) >= 11 is 4.81. The van der Waals surface area contributed by atoms with Crippen LogP contribution in [0.3, 0.4) is 0 Å². The molecule has 1 aliphatic heterocycles. The lowest BCUT2D eigenvalue weighted by Gasteiger charge is -2.36. The van der Waals surface area contributed by atoms with Crippen molar-refractivity contribution >= 4 is 45.2 Å². The van der Waals surface area contributed by atoms with Gasteiger partial charge in [0.1, 0.15) is 0 Å². The van der Waals surface area contributed by atoms with Crippen LogP contribution in [0.1, 0.15) is 36.1 Å². The van der Waals surface area contributed by atoms with Gasteiger partial charge in [-0.3, -0.25) is 9.59 Å². The van der Waals surface area contributed by atoms with E-state index in [1.54, 1.807) is 6.07 Å². The molecule has 1 aliphatic rings. The standard InChI is InChI=1S/C25H29BrN6O2S/c1-3-32-23(18(2)27-24(34)20-11-7-8-12-21(20)26)28-29-25(32)35-17-22(33)31-15-13-30(14-16-31)19-9-5-4-6-10-19/h4-12,18H,3,13-17H2,1-2H3,(H,27,34). The molecule has 2 heterocycles. The highest BCUT2D eigenvalue weighted by Gasteiger charge is 2.24. The Hall–Kier alpha value is -2.85. The van der Waals surface area contributed by atoms with Crippen LogP contribution in [0.25, 0.3) is 0 Å². The van der Waals surface area contributed by atoms with Crippen molar-refractivity contribution in [3.63, 3.8) is 0 Å². The summed E-state index contributed by atoms with van der Waals surface area (Å²) in [5, 5.41) is 12.3. The van der Waals surface area contributed by atoms with Crippen molar-refractivity contribution in [2.75, 3.05) is 36.8 Å². The fraction of sp³-hybridized carbons (Fsp3) is 0.360. The third kappa shape index (κ3) is 6.05. The van der Waals surface area contributed by atoms with Gasteiger partial charge in [-0.25, -0.2) is 0 Å². The second-order valence-corrected chi connectivity index (χ2v) is 10.0. The van der Waals surface area contributed by atoms with Crippen LogP contribution in [0.2, 0.25) is 0 Å². The summed E-state index contributed by atoms with van der Waals surface area (Å²) in [6.45, 7) is 7.59. The van der Waals surface area contributed by atoms with Crippen LogP contribution in [-0.4, -0.2) is 63.4 Å². The largest absolute Gasteiger partial charge is 0.368 e. The number of carbonyl (C=O) groups is 2. The zero-order valence-electron chi connectivity index (χ0n) is 19.9. The Morgan fingerprint density at radius 2 is 1.71 bits per heavy atom. The number of benzene rings is 2. The number of halogens is 1. The Balaban J connectivity index is 1.32. The minimum absolute atomic E-state index is 0.102. The highest BCUT2D eigenvalue weighted by Crippen LogP contribution is 2.23. The molecule has 1 aromatic heterocycles. The molecule has 0 radical (unpaired) electrons. The van der Waals surface area contributed by atoms with Crippen molar-refractivity contribution in [2.24, 2.45) is 0 Å². The van der Waals surface area contributed by atoms with E-state index >= 15 is 0 Å². The molecular formula is C25H29BrN6O2S. The zero-order valence-corrected chi connectivity index (χ0v) is 22.3. The molecular weight excluding hydrogens is 528 g/mol. The van der Waals surface area contributed by atoms with E-state index in [9.17, 15) is 9.59 Å². The average Bonchev–Trinajstić information content (AvgIpc) is 3.31. The fourth-order valence-electron chi connectivity index (χ4n) is 4.08. The van der Waals surface area contributed by atoms with Crippen LogP contribution in [0, 0.1) is 0 Å². The Kier molecular flexibility index (Phi) is 8.46. The first-order valence-electron chi connectivity index (χ1n) is 11.7. The molecule has 1 saturated heterocycles.